The molecule has 94 valence electrons. The van der Waals surface area contributed by atoms with Gasteiger partial charge < -0.3 is 11.1 Å². The number of aromatic nitrogens is 2. The number of para-hydroxylation sites is 2. The summed E-state index contributed by atoms with van der Waals surface area (Å²) in [5.41, 5.74) is 9.43. The fraction of sp³-hybridized carbons (Fsp3) is 0.0667. The largest absolute Gasteiger partial charge is 0.339 e. The van der Waals surface area contributed by atoms with Gasteiger partial charge in [-0.05, 0) is 29.8 Å². The molecule has 3 N–H and O–H groups in total. The van der Waals surface area contributed by atoms with Crippen molar-refractivity contribution in [2.75, 3.05) is 5.32 Å². The molecule has 0 aliphatic carbocycles. The Morgan fingerprint density at radius 2 is 1.68 bits per heavy atom. The molecule has 0 radical (unpaired) electrons. The highest BCUT2D eigenvalue weighted by atomic mass is 15.0. The minimum atomic E-state index is 0.552. The van der Waals surface area contributed by atoms with Gasteiger partial charge in [0, 0.05) is 12.2 Å². The summed E-state index contributed by atoms with van der Waals surface area (Å²) in [6.45, 7) is 0.552. The number of anilines is 2. The van der Waals surface area contributed by atoms with Gasteiger partial charge in [0.2, 0.25) is 0 Å². The van der Waals surface area contributed by atoms with E-state index in [2.05, 4.69) is 15.3 Å². The summed E-state index contributed by atoms with van der Waals surface area (Å²) in [6, 6.07) is 15.8. The van der Waals surface area contributed by atoms with E-state index in [1.807, 2.05) is 48.5 Å². The van der Waals surface area contributed by atoms with E-state index in [0.29, 0.717) is 6.54 Å². The van der Waals surface area contributed by atoms with E-state index in [0.717, 1.165) is 28.1 Å². The monoisotopic (exact) mass is 250 g/mol. The summed E-state index contributed by atoms with van der Waals surface area (Å²) in [6.07, 6.45) is 1.74. The number of benzene rings is 2. The number of nitrogens with one attached hydrogen (secondary N) is 1. The third-order valence-electron chi connectivity index (χ3n) is 2.91. The zero-order chi connectivity index (χ0) is 13.1. The summed E-state index contributed by atoms with van der Waals surface area (Å²) in [5.74, 6) is 0.735. The molecule has 0 aliphatic rings. The minimum absolute atomic E-state index is 0.552. The molecule has 1 heterocycles. The summed E-state index contributed by atoms with van der Waals surface area (Å²) in [7, 11) is 0. The van der Waals surface area contributed by atoms with E-state index in [1.165, 1.54) is 0 Å². The molecule has 0 saturated carbocycles. The van der Waals surface area contributed by atoms with Gasteiger partial charge >= 0.3 is 0 Å². The van der Waals surface area contributed by atoms with E-state index in [9.17, 15) is 0 Å². The molecule has 3 aromatic rings. The molecule has 4 heteroatoms. The lowest BCUT2D eigenvalue weighted by atomic mass is 10.2. The van der Waals surface area contributed by atoms with E-state index in [-0.39, 0.29) is 0 Å². The van der Waals surface area contributed by atoms with Crippen LogP contribution < -0.4 is 11.1 Å². The van der Waals surface area contributed by atoms with Crippen molar-refractivity contribution in [2.45, 2.75) is 6.54 Å². The van der Waals surface area contributed by atoms with Gasteiger partial charge in [0.1, 0.15) is 5.82 Å². The van der Waals surface area contributed by atoms with Crippen molar-refractivity contribution in [3.63, 3.8) is 0 Å². The Balaban J connectivity index is 1.87. The molecule has 0 aliphatic heterocycles. The second kappa shape index (κ2) is 5.04. The first kappa shape index (κ1) is 11.6. The second-order valence-electron chi connectivity index (χ2n) is 4.27. The highest BCUT2D eigenvalue weighted by Gasteiger charge is 1.99. The van der Waals surface area contributed by atoms with Crippen LogP contribution in [0.1, 0.15) is 5.56 Å². The Morgan fingerprint density at radius 1 is 0.947 bits per heavy atom. The second-order valence-corrected chi connectivity index (χ2v) is 4.27. The van der Waals surface area contributed by atoms with Crippen molar-refractivity contribution in [2.24, 2.45) is 5.73 Å². The van der Waals surface area contributed by atoms with Gasteiger partial charge in [-0.15, -0.1) is 0 Å². The van der Waals surface area contributed by atoms with E-state index < -0.39 is 0 Å². The molecule has 0 bridgehead atoms. The smallest absolute Gasteiger partial charge is 0.149 e. The third-order valence-corrected chi connectivity index (χ3v) is 2.91. The van der Waals surface area contributed by atoms with Crippen LogP contribution in [-0.4, -0.2) is 9.97 Å². The predicted octanol–water partition coefficient (Wildman–Crippen LogP) is 2.83. The number of rotatable bonds is 3. The molecule has 3 rings (SSSR count). The molecule has 2 aromatic carbocycles. The van der Waals surface area contributed by atoms with Crippen LogP contribution in [0.3, 0.4) is 0 Å². The number of hydrogen-bond acceptors (Lipinski definition) is 4. The lowest BCUT2D eigenvalue weighted by Crippen LogP contribution is -1.98. The molecule has 0 spiro atoms. The van der Waals surface area contributed by atoms with Crippen LogP contribution in [0.25, 0.3) is 11.0 Å². The Labute approximate surface area is 111 Å². The minimum Gasteiger partial charge on any atom is -0.339 e. The first-order valence-corrected chi connectivity index (χ1v) is 6.13. The lowest BCUT2D eigenvalue weighted by molar-refractivity contribution is 1.07. The molecule has 0 amide bonds. The molecular formula is C15H14N4. The summed E-state index contributed by atoms with van der Waals surface area (Å²) in [5, 5.41) is 3.23. The van der Waals surface area contributed by atoms with E-state index >= 15 is 0 Å². The summed E-state index contributed by atoms with van der Waals surface area (Å²) < 4.78 is 0. The van der Waals surface area contributed by atoms with Crippen molar-refractivity contribution < 1.29 is 0 Å². The number of nitrogens with two attached hydrogens (primary N) is 1. The van der Waals surface area contributed by atoms with Gasteiger partial charge in [0.05, 0.1) is 17.2 Å². The van der Waals surface area contributed by atoms with E-state index in [4.69, 9.17) is 5.73 Å². The fourth-order valence-electron chi connectivity index (χ4n) is 1.89. The van der Waals surface area contributed by atoms with Crippen LogP contribution in [0, 0.1) is 0 Å². The van der Waals surface area contributed by atoms with Crippen molar-refractivity contribution >= 4 is 22.5 Å². The lowest BCUT2D eigenvalue weighted by Gasteiger charge is -2.06. The zero-order valence-electron chi connectivity index (χ0n) is 10.4. The van der Waals surface area contributed by atoms with Crippen molar-refractivity contribution in [3.05, 3.63) is 60.3 Å². The Kier molecular flexibility index (Phi) is 3.08. The maximum atomic E-state index is 5.57. The molecule has 19 heavy (non-hydrogen) atoms. The highest BCUT2D eigenvalue weighted by molar-refractivity contribution is 5.76. The van der Waals surface area contributed by atoms with Gasteiger partial charge in [-0.1, -0.05) is 24.3 Å². The molecule has 1 aromatic heterocycles. The number of fused-ring (bicyclic) bond motifs is 1. The maximum Gasteiger partial charge on any atom is 0.149 e. The van der Waals surface area contributed by atoms with Gasteiger partial charge in [0.15, 0.2) is 0 Å². The standard InChI is InChI=1S/C15H14N4/c16-9-11-5-7-12(8-6-11)18-15-10-17-13-3-1-2-4-14(13)19-15/h1-8,10H,9,16H2,(H,18,19). The average Bonchev–Trinajstić information content (AvgIpc) is 2.48. The van der Waals surface area contributed by atoms with Gasteiger partial charge in [0.25, 0.3) is 0 Å². The first-order valence-electron chi connectivity index (χ1n) is 6.13. The van der Waals surface area contributed by atoms with Crippen LogP contribution >= 0.6 is 0 Å². The van der Waals surface area contributed by atoms with Crippen molar-refractivity contribution in [1.82, 2.24) is 9.97 Å². The quantitative estimate of drug-likeness (QED) is 0.750. The van der Waals surface area contributed by atoms with Crippen molar-refractivity contribution in [3.8, 4) is 0 Å². The predicted molar refractivity (Wildman–Crippen MR) is 77.2 cm³/mol. The Hall–Kier alpha value is -2.46. The van der Waals surface area contributed by atoms with Crippen LogP contribution in [0.15, 0.2) is 54.7 Å². The van der Waals surface area contributed by atoms with Crippen molar-refractivity contribution in [1.29, 1.82) is 0 Å². The number of nitrogens with zero attached hydrogens (tertiary/aromatic N) is 2. The average molecular weight is 250 g/mol. The molecule has 0 saturated heterocycles. The highest BCUT2D eigenvalue weighted by Crippen LogP contribution is 2.17. The van der Waals surface area contributed by atoms with Crippen LogP contribution in [-0.2, 0) is 6.54 Å². The molecule has 0 unspecified atom stereocenters. The summed E-state index contributed by atoms with van der Waals surface area (Å²) >= 11 is 0. The maximum absolute atomic E-state index is 5.57. The molecular weight excluding hydrogens is 236 g/mol. The van der Waals surface area contributed by atoms with Crippen LogP contribution in [0.2, 0.25) is 0 Å². The fourth-order valence-corrected chi connectivity index (χ4v) is 1.89. The molecule has 0 atom stereocenters. The normalized spacial score (nSPS) is 10.6. The first-order chi connectivity index (χ1) is 9.35. The molecule has 4 nitrogen and oxygen atoms in total. The van der Waals surface area contributed by atoms with Gasteiger partial charge in [-0.25, -0.2) is 4.98 Å². The SMILES string of the molecule is NCc1ccc(Nc2cnc3ccccc3n2)cc1. The third kappa shape index (κ3) is 2.53. The van der Waals surface area contributed by atoms with Crippen LogP contribution in [0.5, 0.6) is 0 Å². The van der Waals surface area contributed by atoms with Crippen LogP contribution in [0.4, 0.5) is 11.5 Å². The topological polar surface area (TPSA) is 63.8 Å². The Bertz CT molecular complexity index is 692. The van der Waals surface area contributed by atoms with Gasteiger partial charge in [-0.2, -0.15) is 0 Å². The van der Waals surface area contributed by atoms with E-state index in [1.54, 1.807) is 6.20 Å². The summed E-state index contributed by atoms with van der Waals surface area (Å²) in [4.78, 5) is 8.88. The molecule has 0 fully saturated rings. The number of hydrogen-bond donors (Lipinski definition) is 2. The van der Waals surface area contributed by atoms with Gasteiger partial charge in [-0.3, -0.25) is 4.98 Å². The zero-order valence-corrected chi connectivity index (χ0v) is 10.4. The Morgan fingerprint density at radius 3 is 2.42 bits per heavy atom.